The van der Waals surface area contributed by atoms with Gasteiger partial charge in [0.15, 0.2) is 5.65 Å². The SMILES string of the molecule is Cc1cc2nc(COc3ccc(Cl)cc3Cl)cc(O)n2n1. The fourth-order valence-electron chi connectivity index (χ4n) is 1.94. The lowest BCUT2D eigenvalue weighted by atomic mass is 10.3. The Bertz CT molecular complexity index is 817. The molecular weight excluding hydrogens is 313 g/mol. The van der Waals surface area contributed by atoms with Gasteiger partial charge in [-0.3, -0.25) is 0 Å². The molecule has 0 aliphatic carbocycles. The van der Waals surface area contributed by atoms with Crippen LogP contribution in [0.25, 0.3) is 5.65 Å². The fourth-order valence-corrected chi connectivity index (χ4v) is 2.40. The average Bonchev–Trinajstić information content (AvgIpc) is 2.79. The summed E-state index contributed by atoms with van der Waals surface area (Å²) in [6.07, 6.45) is 0. The Kier molecular flexibility index (Phi) is 3.61. The molecule has 1 aromatic carbocycles. The smallest absolute Gasteiger partial charge is 0.215 e. The highest BCUT2D eigenvalue weighted by atomic mass is 35.5. The van der Waals surface area contributed by atoms with Crippen molar-refractivity contribution in [3.63, 3.8) is 0 Å². The average molecular weight is 324 g/mol. The number of hydrogen-bond donors (Lipinski definition) is 1. The number of rotatable bonds is 3. The van der Waals surface area contributed by atoms with Gasteiger partial charge in [0.1, 0.15) is 12.4 Å². The third-order valence-corrected chi connectivity index (χ3v) is 3.38. The van der Waals surface area contributed by atoms with Crippen molar-refractivity contribution in [3.8, 4) is 11.6 Å². The molecule has 0 atom stereocenters. The van der Waals surface area contributed by atoms with Gasteiger partial charge >= 0.3 is 0 Å². The number of benzene rings is 1. The Labute approximate surface area is 130 Å². The van der Waals surface area contributed by atoms with E-state index in [9.17, 15) is 5.11 Å². The van der Waals surface area contributed by atoms with Crippen molar-refractivity contribution in [3.05, 3.63) is 51.8 Å². The second kappa shape index (κ2) is 5.42. The number of halogens is 2. The Morgan fingerprint density at radius 2 is 2.05 bits per heavy atom. The van der Waals surface area contributed by atoms with Gasteiger partial charge in [0, 0.05) is 17.2 Å². The molecule has 108 valence electrons. The zero-order valence-corrected chi connectivity index (χ0v) is 12.6. The van der Waals surface area contributed by atoms with E-state index in [1.165, 1.54) is 10.6 Å². The first-order valence-corrected chi connectivity index (χ1v) is 6.91. The molecule has 0 aliphatic heterocycles. The molecule has 21 heavy (non-hydrogen) atoms. The van der Waals surface area contributed by atoms with E-state index in [2.05, 4.69) is 10.1 Å². The van der Waals surface area contributed by atoms with Crippen LogP contribution in [0, 0.1) is 6.92 Å². The number of hydrogen-bond acceptors (Lipinski definition) is 4. The summed E-state index contributed by atoms with van der Waals surface area (Å²) in [5, 5.41) is 15.0. The maximum absolute atomic E-state index is 9.91. The van der Waals surface area contributed by atoms with E-state index >= 15 is 0 Å². The normalized spacial score (nSPS) is 11.0. The van der Waals surface area contributed by atoms with Crippen LogP contribution < -0.4 is 4.74 Å². The summed E-state index contributed by atoms with van der Waals surface area (Å²) in [6, 6.07) is 8.26. The summed E-state index contributed by atoms with van der Waals surface area (Å²) < 4.78 is 6.96. The van der Waals surface area contributed by atoms with Crippen molar-refractivity contribution < 1.29 is 9.84 Å². The first kappa shape index (κ1) is 14.0. The lowest BCUT2D eigenvalue weighted by Crippen LogP contribution is -2.01. The minimum atomic E-state index is 0.00824. The van der Waals surface area contributed by atoms with Crippen LogP contribution >= 0.6 is 23.2 Å². The molecule has 0 bridgehead atoms. The second-order valence-corrected chi connectivity index (χ2v) is 5.37. The Balaban J connectivity index is 1.84. The van der Waals surface area contributed by atoms with Gasteiger partial charge in [-0.2, -0.15) is 9.61 Å². The van der Waals surface area contributed by atoms with Gasteiger partial charge in [0.05, 0.1) is 16.4 Å². The predicted octanol–water partition coefficient (Wildman–Crippen LogP) is 3.63. The maximum Gasteiger partial charge on any atom is 0.215 e. The van der Waals surface area contributed by atoms with Crippen LogP contribution in [0.3, 0.4) is 0 Å². The van der Waals surface area contributed by atoms with Gasteiger partial charge in [-0.25, -0.2) is 4.98 Å². The predicted molar refractivity (Wildman–Crippen MR) is 80.2 cm³/mol. The minimum Gasteiger partial charge on any atom is -0.493 e. The molecule has 7 heteroatoms. The molecule has 5 nitrogen and oxygen atoms in total. The molecule has 0 radical (unpaired) electrons. The third kappa shape index (κ3) is 2.89. The Morgan fingerprint density at radius 1 is 1.24 bits per heavy atom. The van der Waals surface area contributed by atoms with Gasteiger partial charge in [-0.15, -0.1) is 0 Å². The highest BCUT2D eigenvalue weighted by molar-refractivity contribution is 6.35. The van der Waals surface area contributed by atoms with E-state index < -0.39 is 0 Å². The third-order valence-electron chi connectivity index (χ3n) is 2.85. The number of aromatic hydroxyl groups is 1. The molecule has 0 unspecified atom stereocenters. The van der Waals surface area contributed by atoms with E-state index in [4.69, 9.17) is 27.9 Å². The lowest BCUT2D eigenvalue weighted by molar-refractivity contribution is 0.300. The summed E-state index contributed by atoms with van der Waals surface area (Å²) >= 11 is 11.9. The molecule has 3 rings (SSSR count). The molecule has 2 aromatic heterocycles. The van der Waals surface area contributed by atoms with Gasteiger partial charge < -0.3 is 9.84 Å². The standard InChI is InChI=1S/C14H11Cl2N3O2/c1-8-4-13-17-10(6-14(20)19(13)18-8)7-21-12-3-2-9(15)5-11(12)16/h2-6,20H,7H2,1H3. The molecule has 0 fully saturated rings. The van der Waals surface area contributed by atoms with Crippen molar-refractivity contribution in [2.75, 3.05) is 0 Å². The van der Waals surface area contributed by atoms with Crippen molar-refractivity contribution in [2.24, 2.45) is 0 Å². The van der Waals surface area contributed by atoms with Crippen molar-refractivity contribution in [1.29, 1.82) is 0 Å². The second-order valence-electron chi connectivity index (χ2n) is 4.52. The van der Waals surface area contributed by atoms with Gasteiger partial charge in [-0.05, 0) is 25.1 Å². The molecule has 0 saturated carbocycles. The Hall–Kier alpha value is -1.98. The highest BCUT2D eigenvalue weighted by Gasteiger charge is 2.09. The van der Waals surface area contributed by atoms with Gasteiger partial charge in [0.25, 0.3) is 0 Å². The summed E-state index contributed by atoms with van der Waals surface area (Å²) in [5.74, 6) is 0.515. The van der Waals surface area contributed by atoms with Crippen LogP contribution in [-0.2, 0) is 6.61 Å². The molecule has 0 amide bonds. The summed E-state index contributed by atoms with van der Waals surface area (Å²) in [7, 11) is 0. The van der Waals surface area contributed by atoms with E-state index in [-0.39, 0.29) is 12.5 Å². The number of fused-ring (bicyclic) bond motifs is 1. The number of aryl methyl sites for hydroxylation is 1. The fraction of sp³-hybridized carbons (Fsp3) is 0.143. The number of nitrogens with zero attached hydrogens (tertiary/aromatic N) is 3. The van der Waals surface area contributed by atoms with Gasteiger partial charge in [0.2, 0.25) is 5.88 Å². The van der Waals surface area contributed by atoms with Gasteiger partial charge in [-0.1, -0.05) is 23.2 Å². The monoisotopic (exact) mass is 323 g/mol. The number of aromatic nitrogens is 3. The topological polar surface area (TPSA) is 59.7 Å². The number of ether oxygens (including phenoxy) is 1. The van der Waals surface area contributed by atoms with Crippen LogP contribution in [0.1, 0.15) is 11.4 Å². The van der Waals surface area contributed by atoms with Crippen LogP contribution in [0.15, 0.2) is 30.3 Å². The van der Waals surface area contributed by atoms with E-state index in [1.807, 2.05) is 6.92 Å². The molecular formula is C14H11Cl2N3O2. The summed E-state index contributed by atoms with van der Waals surface area (Å²) in [5.41, 5.74) is 1.91. The zero-order valence-electron chi connectivity index (χ0n) is 11.0. The van der Waals surface area contributed by atoms with E-state index in [1.54, 1.807) is 24.3 Å². The summed E-state index contributed by atoms with van der Waals surface area (Å²) in [6.45, 7) is 2.01. The van der Waals surface area contributed by atoms with Crippen LogP contribution in [-0.4, -0.2) is 19.7 Å². The maximum atomic E-state index is 9.91. The van der Waals surface area contributed by atoms with Crippen LogP contribution in [0.2, 0.25) is 10.0 Å². The molecule has 0 spiro atoms. The van der Waals surface area contributed by atoms with E-state index in [0.717, 1.165) is 5.69 Å². The van der Waals surface area contributed by atoms with E-state index in [0.29, 0.717) is 27.1 Å². The molecule has 1 N–H and O–H groups in total. The van der Waals surface area contributed by atoms with Crippen molar-refractivity contribution in [1.82, 2.24) is 14.6 Å². The van der Waals surface area contributed by atoms with Crippen LogP contribution in [0.5, 0.6) is 11.6 Å². The molecule has 2 heterocycles. The minimum absolute atomic E-state index is 0.00824. The molecule has 3 aromatic rings. The quantitative estimate of drug-likeness (QED) is 0.799. The molecule has 0 saturated heterocycles. The first-order chi connectivity index (χ1) is 10.0. The summed E-state index contributed by atoms with van der Waals surface area (Å²) in [4.78, 5) is 4.37. The van der Waals surface area contributed by atoms with Crippen molar-refractivity contribution in [2.45, 2.75) is 13.5 Å². The Morgan fingerprint density at radius 3 is 2.81 bits per heavy atom. The first-order valence-electron chi connectivity index (χ1n) is 6.16. The van der Waals surface area contributed by atoms with Crippen LogP contribution in [0.4, 0.5) is 0 Å². The highest BCUT2D eigenvalue weighted by Crippen LogP contribution is 2.28. The zero-order chi connectivity index (χ0) is 15.0. The van der Waals surface area contributed by atoms with Crippen molar-refractivity contribution >= 4 is 28.8 Å². The lowest BCUT2D eigenvalue weighted by Gasteiger charge is -2.08. The largest absolute Gasteiger partial charge is 0.493 e. The molecule has 0 aliphatic rings.